The van der Waals surface area contributed by atoms with Crippen LogP contribution in [0.15, 0.2) is 18.2 Å². The van der Waals surface area contributed by atoms with Gasteiger partial charge < -0.3 is 15.0 Å². The molecule has 0 radical (unpaired) electrons. The minimum Gasteiger partial charge on any atom is -0.481 e. The molecule has 2 aromatic rings. The van der Waals surface area contributed by atoms with E-state index in [4.69, 9.17) is 4.74 Å². The number of carbonyl (C=O) groups excluding carboxylic acids is 1. The maximum Gasteiger partial charge on any atom is 0.268 e. The number of H-pyrrole nitrogens is 1. The van der Waals surface area contributed by atoms with Crippen LogP contribution in [0.25, 0.3) is 11.0 Å². The minimum atomic E-state index is -1.39. The molecule has 120 valence electrons. The van der Waals surface area contributed by atoms with E-state index in [0.717, 1.165) is 18.2 Å². The Bertz CT molecular complexity index is 801. The van der Waals surface area contributed by atoms with Crippen LogP contribution in [0.3, 0.4) is 0 Å². The molecule has 0 fully saturated rings. The topological polar surface area (TPSA) is 67.0 Å². The summed E-state index contributed by atoms with van der Waals surface area (Å²) in [5.74, 6) is 3.64. The van der Waals surface area contributed by atoms with Crippen LogP contribution < -0.4 is 10.1 Å². The van der Waals surface area contributed by atoms with E-state index in [0.29, 0.717) is 17.2 Å². The fourth-order valence-corrected chi connectivity index (χ4v) is 4.51. The Hall–Kier alpha value is -2.26. The molecular formula is C17H21N3O2Si. The van der Waals surface area contributed by atoms with Crippen molar-refractivity contribution in [2.24, 2.45) is 0 Å². The predicted octanol–water partition coefficient (Wildman–Crippen LogP) is 2.71. The number of carbonyl (C=O) groups is 1. The lowest BCUT2D eigenvalue weighted by Crippen LogP contribution is -2.33. The lowest BCUT2D eigenvalue weighted by Gasteiger charge is -2.12. The molecule has 0 spiro atoms. The molecule has 2 aromatic heterocycles. The van der Waals surface area contributed by atoms with Crippen molar-refractivity contribution in [2.75, 3.05) is 7.11 Å². The lowest BCUT2D eigenvalue weighted by atomic mass is 10.2. The first-order valence-electron chi connectivity index (χ1n) is 7.84. The van der Waals surface area contributed by atoms with E-state index in [1.807, 2.05) is 6.07 Å². The van der Waals surface area contributed by atoms with Crippen LogP contribution in [-0.4, -0.2) is 37.1 Å². The Morgan fingerprint density at radius 1 is 1.48 bits per heavy atom. The van der Waals surface area contributed by atoms with E-state index in [1.165, 1.54) is 6.04 Å². The fourth-order valence-electron chi connectivity index (χ4n) is 2.73. The molecule has 0 aliphatic carbocycles. The van der Waals surface area contributed by atoms with Crippen molar-refractivity contribution < 1.29 is 9.53 Å². The van der Waals surface area contributed by atoms with Crippen molar-refractivity contribution >= 4 is 25.0 Å². The number of nitrogens with one attached hydrogen (secondary N) is 2. The summed E-state index contributed by atoms with van der Waals surface area (Å²) in [5.41, 5.74) is 4.56. The number of hydrogen-bond acceptors (Lipinski definition) is 3. The van der Waals surface area contributed by atoms with Gasteiger partial charge in [0, 0.05) is 11.5 Å². The second-order valence-electron chi connectivity index (χ2n) is 6.55. The SMILES string of the molecule is COc1ccc2cc(C(=O)N[C@H]3C#C[Si](C)(C)CCC3)[nH]c2n1. The highest BCUT2D eigenvalue weighted by Gasteiger charge is 2.22. The molecule has 0 saturated heterocycles. The molecule has 3 heterocycles. The third-order valence-electron chi connectivity index (χ3n) is 4.09. The second kappa shape index (κ2) is 6.09. The van der Waals surface area contributed by atoms with Gasteiger partial charge >= 0.3 is 0 Å². The summed E-state index contributed by atoms with van der Waals surface area (Å²) in [4.78, 5) is 19.8. The number of rotatable bonds is 3. The molecule has 1 amide bonds. The molecule has 5 nitrogen and oxygen atoms in total. The summed E-state index contributed by atoms with van der Waals surface area (Å²) >= 11 is 0. The highest BCUT2D eigenvalue weighted by Crippen LogP contribution is 2.19. The van der Waals surface area contributed by atoms with Gasteiger partial charge in [-0.25, -0.2) is 0 Å². The van der Waals surface area contributed by atoms with Gasteiger partial charge in [-0.3, -0.25) is 4.79 Å². The van der Waals surface area contributed by atoms with E-state index in [-0.39, 0.29) is 11.9 Å². The van der Waals surface area contributed by atoms with E-state index in [9.17, 15) is 4.79 Å². The molecule has 23 heavy (non-hydrogen) atoms. The van der Waals surface area contributed by atoms with E-state index in [1.54, 1.807) is 19.2 Å². The lowest BCUT2D eigenvalue weighted by molar-refractivity contribution is 0.0940. The number of hydrogen-bond donors (Lipinski definition) is 2. The highest BCUT2D eigenvalue weighted by molar-refractivity contribution is 6.85. The first-order valence-corrected chi connectivity index (χ1v) is 11.0. The number of amides is 1. The van der Waals surface area contributed by atoms with Gasteiger partial charge in [0.2, 0.25) is 5.88 Å². The first kappa shape index (κ1) is 15.6. The van der Waals surface area contributed by atoms with Crippen LogP contribution in [-0.2, 0) is 0 Å². The third kappa shape index (κ3) is 3.56. The standard InChI is InChI=1S/C17H21N3O2Si/c1-22-15-7-6-12-11-14(19-16(12)20-15)17(21)18-13-5-4-9-23(2,3)10-8-13/h6-7,11,13H,4-5,9H2,1-3H3,(H,18,21)(H,19,20)/t13-/m1/s1. The summed E-state index contributed by atoms with van der Waals surface area (Å²) in [6, 6.07) is 6.60. The molecule has 0 saturated carbocycles. The zero-order chi connectivity index (χ0) is 16.4. The maximum absolute atomic E-state index is 12.5. The molecule has 2 N–H and O–H groups in total. The number of pyridine rings is 1. The van der Waals surface area contributed by atoms with Gasteiger partial charge in [-0.15, -0.1) is 5.54 Å². The van der Waals surface area contributed by atoms with Gasteiger partial charge in [-0.2, -0.15) is 4.98 Å². The van der Waals surface area contributed by atoms with E-state index in [2.05, 4.69) is 39.8 Å². The van der Waals surface area contributed by atoms with Gasteiger partial charge in [-0.05, 0) is 24.6 Å². The minimum absolute atomic E-state index is 0.0642. The number of ether oxygens (including phenoxy) is 1. The van der Waals surface area contributed by atoms with Crippen molar-refractivity contribution in [1.82, 2.24) is 15.3 Å². The molecule has 0 unspecified atom stereocenters. The van der Waals surface area contributed by atoms with Crippen LogP contribution in [0.4, 0.5) is 0 Å². The van der Waals surface area contributed by atoms with Crippen LogP contribution in [0.1, 0.15) is 23.3 Å². The Balaban J connectivity index is 1.77. The Morgan fingerprint density at radius 2 is 2.30 bits per heavy atom. The summed E-state index contributed by atoms with van der Waals surface area (Å²) in [6.07, 6.45) is 2.02. The number of methoxy groups -OCH3 is 1. The predicted molar refractivity (Wildman–Crippen MR) is 93.2 cm³/mol. The number of nitrogens with zero attached hydrogens (tertiary/aromatic N) is 1. The normalized spacial score (nSPS) is 19.5. The zero-order valence-corrected chi connectivity index (χ0v) is 14.7. The van der Waals surface area contributed by atoms with Gasteiger partial charge in [0.1, 0.15) is 19.4 Å². The molecule has 1 aliphatic heterocycles. The van der Waals surface area contributed by atoms with E-state index >= 15 is 0 Å². The molecule has 3 rings (SSSR count). The van der Waals surface area contributed by atoms with Gasteiger partial charge in [-0.1, -0.05) is 25.4 Å². The third-order valence-corrected chi connectivity index (χ3v) is 6.52. The van der Waals surface area contributed by atoms with Crippen molar-refractivity contribution in [3.05, 3.63) is 23.9 Å². The molecular weight excluding hydrogens is 306 g/mol. The average molecular weight is 327 g/mol. The molecule has 1 atom stereocenters. The first-order chi connectivity index (χ1) is 11.0. The summed E-state index contributed by atoms with van der Waals surface area (Å²) in [7, 11) is 0.176. The average Bonchev–Trinajstić information content (AvgIpc) is 2.87. The van der Waals surface area contributed by atoms with Crippen LogP contribution >= 0.6 is 0 Å². The summed E-state index contributed by atoms with van der Waals surface area (Å²) < 4.78 is 5.10. The van der Waals surface area contributed by atoms with Crippen LogP contribution in [0.5, 0.6) is 5.88 Å². The quantitative estimate of drug-likeness (QED) is 0.673. The summed E-state index contributed by atoms with van der Waals surface area (Å²) in [5, 5.41) is 3.91. The van der Waals surface area contributed by atoms with Gasteiger partial charge in [0.15, 0.2) is 0 Å². The summed E-state index contributed by atoms with van der Waals surface area (Å²) in [6.45, 7) is 4.56. The maximum atomic E-state index is 12.5. The fraction of sp³-hybridized carbons (Fsp3) is 0.412. The second-order valence-corrected chi connectivity index (χ2v) is 11.1. The molecule has 0 bridgehead atoms. The molecule has 6 heteroatoms. The number of aromatic amines is 1. The van der Waals surface area contributed by atoms with Crippen LogP contribution in [0.2, 0.25) is 19.1 Å². The van der Waals surface area contributed by atoms with Crippen LogP contribution in [0, 0.1) is 11.5 Å². The van der Waals surface area contributed by atoms with Crippen molar-refractivity contribution in [3.8, 4) is 17.3 Å². The highest BCUT2D eigenvalue weighted by atomic mass is 28.3. The largest absolute Gasteiger partial charge is 0.481 e. The Kier molecular flexibility index (Phi) is 4.14. The van der Waals surface area contributed by atoms with Crippen molar-refractivity contribution in [1.29, 1.82) is 0 Å². The monoisotopic (exact) mass is 327 g/mol. The zero-order valence-electron chi connectivity index (χ0n) is 13.7. The number of fused-ring (bicyclic) bond motifs is 1. The number of aromatic nitrogens is 2. The Labute approximate surface area is 136 Å². The molecule has 1 aliphatic rings. The van der Waals surface area contributed by atoms with Crippen molar-refractivity contribution in [2.45, 2.75) is 38.0 Å². The van der Waals surface area contributed by atoms with Gasteiger partial charge in [0.25, 0.3) is 5.91 Å². The molecule has 0 aromatic carbocycles. The smallest absolute Gasteiger partial charge is 0.268 e. The Morgan fingerprint density at radius 3 is 3.09 bits per heavy atom. The van der Waals surface area contributed by atoms with E-state index < -0.39 is 8.07 Å². The van der Waals surface area contributed by atoms with Crippen molar-refractivity contribution in [3.63, 3.8) is 0 Å². The van der Waals surface area contributed by atoms with Gasteiger partial charge in [0.05, 0.1) is 13.2 Å².